The number of benzene rings is 2. The Bertz CT molecular complexity index is 1050. The smallest absolute Gasteiger partial charge is 0.107 e. The van der Waals surface area contributed by atoms with E-state index < -0.39 is 0 Å². The number of hydrogen-bond acceptors (Lipinski definition) is 2. The van der Waals surface area contributed by atoms with Crippen LogP contribution in [-0.4, -0.2) is 23.0 Å². The first kappa shape index (κ1) is 16.4. The summed E-state index contributed by atoms with van der Waals surface area (Å²) in [6, 6.07) is 21.9. The molecule has 2 aromatic rings. The Morgan fingerprint density at radius 1 is 0.897 bits per heavy atom. The van der Waals surface area contributed by atoms with Crippen molar-refractivity contribution in [2.45, 2.75) is 42.4 Å². The fourth-order valence-electron chi connectivity index (χ4n) is 7.39. The molecule has 1 saturated heterocycles. The second-order valence-electron chi connectivity index (χ2n) is 9.45. The van der Waals surface area contributed by atoms with E-state index in [1.54, 1.807) is 0 Å². The first-order chi connectivity index (χ1) is 14.3. The van der Waals surface area contributed by atoms with E-state index in [1.165, 1.54) is 23.3 Å². The number of fused-ring (bicyclic) bond motifs is 3. The molecule has 2 bridgehead atoms. The lowest BCUT2D eigenvalue weighted by atomic mass is 9.53. The fraction of sp³-hybridized carbons (Fsp3) is 0.370. The summed E-state index contributed by atoms with van der Waals surface area (Å²) in [4.78, 5) is 5.72. The zero-order valence-electron chi connectivity index (χ0n) is 16.4. The molecule has 0 aromatic heterocycles. The topological polar surface area (TPSA) is 21.6 Å². The van der Waals surface area contributed by atoms with Crippen LogP contribution in [0.3, 0.4) is 0 Å². The van der Waals surface area contributed by atoms with Gasteiger partial charge < -0.3 is 4.74 Å². The van der Waals surface area contributed by atoms with Crippen LogP contribution in [0.1, 0.15) is 36.3 Å². The molecule has 0 radical (unpaired) electrons. The number of rotatable bonds is 2. The van der Waals surface area contributed by atoms with Gasteiger partial charge in [0.15, 0.2) is 0 Å². The van der Waals surface area contributed by atoms with Gasteiger partial charge in [-0.1, -0.05) is 85.0 Å². The Balaban J connectivity index is 1.50. The molecule has 0 spiro atoms. The highest BCUT2D eigenvalue weighted by atomic mass is 16.5. The van der Waals surface area contributed by atoms with Crippen LogP contribution in [0, 0.1) is 17.8 Å². The van der Waals surface area contributed by atoms with Crippen LogP contribution in [-0.2, 0) is 4.74 Å². The van der Waals surface area contributed by atoms with Gasteiger partial charge in [-0.15, -0.1) is 0 Å². The minimum atomic E-state index is -0.206. The number of allylic oxidation sites excluding steroid dienone is 2. The number of ether oxygens (including phenoxy) is 1. The first-order valence-electron chi connectivity index (χ1n) is 11.0. The maximum atomic E-state index is 7.07. The van der Waals surface area contributed by atoms with Gasteiger partial charge in [-0.3, -0.25) is 4.99 Å². The average molecular weight is 380 g/mol. The monoisotopic (exact) mass is 379 g/mol. The third-order valence-corrected chi connectivity index (χ3v) is 8.34. The van der Waals surface area contributed by atoms with E-state index >= 15 is 0 Å². The summed E-state index contributed by atoms with van der Waals surface area (Å²) >= 11 is 0. The Labute approximate surface area is 172 Å². The molecular weight excluding hydrogens is 354 g/mol. The van der Waals surface area contributed by atoms with Crippen molar-refractivity contribution in [1.29, 1.82) is 0 Å². The van der Waals surface area contributed by atoms with Crippen LogP contribution in [0.2, 0.25) is 0 Å². The molecule has 0 amide bonds. The molecule has 2 aromatic carbocycles. The van der Waals surface area contributed by atoms with Gasteiger partial charge in [0.2, 0.25) is 0 Å². The maximum Gasteiger partial charge on any atom is 0.107 e. The van der Waals surface area contributed by atoms with Crippen molar-refractivity contribution in [2.24, 2.45) is 22.7 Å². The predicted octanol–water partition coefficient (Wildman–Crippen LogP) is 5.32. The second-order valence-corrected chi connectivity index (χ2v) is 9.45. The van der Waals surface area contributed by atoms with Gasteiger partial charge in [0.1, 0.15) is 11.1 Å². The van der Waals surface area contributed by atoms with Crippen molar-refractivity contribution in [1.82, 2.24) is 0 Å². The Morgan fingerprint density at radius 3 is 2.52 bits per heavy atom. The molecule has 5 aliphatic rings. The Hall–Kier alpha value is -2.45. The third-order valence-electron chi connectivity index (χ3n) is 8.34. The molecule has 1 saturated carbocycles. The molecule has 7 atom stereocenters. The lowest BCUT2D eigenvalue weighted by Crippen LogP contribution is -2.61. The van der Waals surface area contributed by atoms with Crippen LogP contribution in [0.25, 0.3) is 0 Å². The van der Waals surface area contributed by atoms with Gasteiger partial charge in [-0.05, 0) is 29.9 Å². The summed E-state index contributed by atoms with van der Waals surface area (Å²) in [5.74, 6) is 1.85. The minimum absolute atomic E-state index is 0.176. The number of hydrogen-bond donors (Lipinski definition) is 0. The van der Waals surface area contributed by atoms with E-state index in [4.69, 9.17) is 9.73 Å². The summed E-state index contributed by atoms with van der Waals surface area (Å²) in [5, 5.41) is 0. The Kier molecular flexibility index (Phi) is 3.15. The molecule has 0 unspecified atom stereocenters. The highest BCUT2D eigenvalue weighted by Crippen LogP contribution is 2.70. The van der Waals surface area contributed by atoms with Crippen LogP contribution in [0.5, 0.6) is 0 Å². The molecule has 2 heteroatoms. The minimum Gasteiger partial charge on any atom is -0.364 e. The zero-order chi connectivity index (χ0) is 19.1. The second kappa shape index (κ2) is 5.58. The molecule has 144 valence electrons. The van der Waals surface area contributed by atoms with Gasteiger partial charge in [0.05, 0.1) is 6.10 Å². The summed E-state index contributed by atoms with van der Waals surface area (Å²) < 4.78 is 7.07. The molecule has 3 aliphatic carbocycles. The zero-order valence-corrected chi connectivity index (χ0v) is 16.4. The molecule has 29 heavy (non-hydrogen) atoms. The summed E-state index contributed by atoms with van der Waals surface area (Å²) in [6.45, 7) is 0. The van der Waals surface area contributed by atoms with E-state index in [-0.39, 0.29) is 17.2 Å². The largest absolute Gasteiger partial charge is 0.364 e. The number of nitrogens with zero attached hydrogens (tertiary/aromatic N) is 1. The lowest BCUT2D eigenvalue weighted by molar-refractivity contribution is -0.0944. The van der Waals surface area contributed by atoms with Crippen molar-refractivity contribution >= 4 is 5.71 Å². The number of aliphatic imine (C=N–C) groups is 1. The van der Waals surface area contributed by atoms with Gasteiger partial charge in [0.25, 0.3) is 0 Å². The lowest BCUT2D eigenvalue weighted by Gasteiger charge is -2.53. The van der Waals surface area contributed by atoms with Crippen molar-refractivity contribution in [3.63, 3.8) is 0 Å². The molecule has 0 N–H and O–H groups in total. The van der Waals surface area contributed by atoms with Crippen LogP contribution in [0.4, 0.5) is 0 Å². The van der Waals surface area contributed by atoms with E-state index in [9.17, 15) is 0 Å². The predicted molar refractivity (Wildman–Crippen MR) is 115 cm³/mol. The molecule has 2 aliphatic heterocycles. The van der Waals surface area contributed by atoms with Gasteiger partial charge >= 0.3 is 0 Å². The first-order valence-corrected chi connectivity index (χ1v) is 11.0. The molecule has 2 heterocycles. The van der Waals surface area contributed by atoms with Crippen molar-refractivity contribution in [3.05, 3.63) is 96.1 Å². The normalized spacial score (nSPS) is 43.2. The quantitative estimate of drug-likeness (QED) is 0.647. The Morgan fingerprint density at radius 2 is 1.69 bits per heavy atom. The van der Waals surface area contributed by atoms with Crippen molar-refractivity contribution < 1.29 is 4.74 Å². The van der Waals surface area contributed by atoms with Gasteiger partial charge in [0, 0.05) is 29.9 Å². The molecule has 2 fully saturated rings. The molecule has 7 rings (SSSR count). The van der Waals surface area contributed by atoms with E-state index in [0.717, 1.165) is 12.8 Å². The van der Waals surface area contributed by atoms with E-state index in [1.807, 2.05) is 0 Å². The summed E-state index contributed by atoms with van der Waals surface area (Å²) in [6.07, 6.45) is 13.0. The van der Waals surface area contributed by atoms with Crippen molar-refractivity contribution in [3.8, 4) is 0 Å². The highest BCUT2D eigenvalue weighted by Gasteiger charge is 2.76. The van der Waals surface area contributed by atoms with E-state index in [2.05, 4.69) is 85.0 Å². The van der Waals surface area contributed by atoms with Crippen molar-refractivity contribution in [2.75, 3.05) is 0 Å². The standard InChI is InChI=1S/C27H25NO/c1-3-8-18(9-4-1)23-17-26-21-15-14-20(16-21)25(19-10-5-2-6-11-19)27(26,28-23)22-12-7-13-24(22)29-26/h1-11,13-15,20-22,24-25H,12,16-17H2/t20-,21+,22+,24-,25+,26-,27-/m1/s1. The average Bonchev–Trinajstić information content (AvgIpc) is 3.51. The van der Waals surface area contributed by atoms with Gasteiger partial charge in [-0.2, -0.15) is 0 Å². The van der Waals surface area contributed by atoms with Crippen LogP contribution in [0.15, 0.2) is 90.0 Å². The highest BCUT2D eigenvalue weighted by molar-refractivity contribution is 6.03. The van der Waals surface area contributed by atoms with Crippen LogP contribution < -0.4 is 0 Å². The molecule has 2 nitrogen and oxygen atoms in total. The third kappa shape index (κ3) is 1.89. The maximum absolute atomic E-state index is 7.07. The summed E-state index contributed by atoms with van der Waals surface area (Å²) in [7, 11) is 0. The fourth-order valence-corrected chi connectivity index (χ4v) is 7.39. The SMILES string of the molecule is C1=C[C@H]2O[C@@]34CC(c5ccccc5)=N[C@]3([C@H]2C1)[C@@H](c1ccccc1)[C@@H]1C=C[C@H]4C1. The van der Waals surface area contributed by atoms with Gasteiger partial charge in [-0.25, -0.2) is 0 Å². The van der Waals surface area contributed by atoms with E-state index in [0.29, 0.717) is 23.7 Å². The summed E-state index contributed by atoms with van der Waals surface area (Å²) in [5.41, 5.74) is 3.56. The van der Waals surface area contributed by atoms with Crippen LogP contribution >= 0.6 is 0 Å². The molecular formula is C27H25NO.